The molecule has 0 radical (unpaired) electrons. The Labute approximate surface area is 120 Å². The number of amides is 1. The molecule has 0 bridgehead atoms. The normalized spacial score (nSPS) is 11.2. The Hall–Kier alpha value is -1.75. The van der Waals surface area contributed by atoms with E-state index < -0.39 is 0 Å². The molecule has 0 aliphatic heterocycles. The average Bonchev–Trinajstić information content (AvgIpc) is 2.38. The van der Waals surface area contributed by atoms with Crippen molar-refractivity contribution < 1.29 is 9.53 Å². The Morgan fingerprint density at radius 2 is 2.05 bits per heavy atom. The number of nitrogens with one attached hydrogen (secondary N) is 2. The van der Waals surface area contributed by atoms with Gasteiger partial charge in [-0.1, -0.05) is 0 Å². The fourth-order valence-electron chi connectivity index (χ4n) is 1.86. The minimum absolute atomic E-state index is 0.0976. The molecule has 5 nitrogen and oxygen atoms in total. The van der Waals surface area contributed by atoms with Gasteiger partial charge in [0.1, 0.15) is 0 Å². The molecule has 0 saturated heterocycles. The molecule has 0 heterocycles. The number of anilines is 2. The highest BCUT2D eigenvalue weighted by Gasteiger charge is 2.18. The molecule has 4 N–H and O–H groups in total. The summed E-state index contributed by atoms with van der Waals surface area (Å²) in [6.45, 7) is 9.74. The van der Waals surface area contributed by atoms with Crippen LogP contribution in [-0.4, -0.2) is 31.2 Å². The topological polar surface area (TPSA) is 76.4 Å². The van der Waals surface area contributed by atoms with Crippen LogP contribution in [0.4, 0.5) is 11.4 Å². The van der Waals surface area contributed by atoms with E-state index in [0.29, 0.717) is 30.9 Å². The standard InChI is InChI=1S/C15H25N3O2/c1-5-17-14(19)11-7-8-12(16)13(9-11)18-10-15(3,4)20-6-2/h7-9,18H,5-6,10,16H2,1-4H3,(H,17,19). The molecule has 112 valence electrons. The lowest BCUT2D eigenvalue weighted by atomic mass is 10.1. The minimum atomic E-state index is -0.289. The smallest absolute Gasteiger partial charge is 0.251 e. The average molecular weight is 279 g/mol. The minimum Gasteiger partial charge on any atom is -0.397 e. The van der Waals surface area contributed by atoms with Crippen molar-refractivity contribution in [2.75, 3.05) is 30.7 Å². The molecule has 20 heavy (non-hydrogen) atoms. The monoisotopic (exact) mass is 279 g/mol. The fourth-order valence-corrected chi connectivity index (χ4v) is 1.86. The number of rotatable bonds is 7. The van der Waals surface area contributed by atoms with Crippen LogP contribution >= 0.6 is 0 Å². The molecule has 1 amide bonds. The van der Waals surface area contributed by atoms with Crippen LogP contribution in [-0.2, 0) is 4.74 Å². The Balaban J connectivity index is 2.79. The van der Waals surface area contributed by atoms with E-state index in [4.69, 9.17) is 10.5 Å². The van der Waals surface area contributed by atoms with Gasteiger partial charge >= 0.3 is 0 Å². The molecular weight excluding hydrogens is 254 g/mol. The van der Waals surface area contributed by atoms with Crippen LogP contribution in [0.3, 0.4) is 0 Å². The molecule has 0 spiro atoms. The molecule has 0 aliphatic rings. The number of benzene rings is 1. The second kappa shape index (κ2) is 7.14. The lowest BCUT2D eigenvalue weighted by Gasteiger charge is -2.26. The molecule has 1 rings (SSSR count). The van der Waals surface area contributed by atoms with Crippen molar-refractivity contribution in [3.63, 3.8) is 0 Å². The Morgan fingerprint density at radius 1 is 1.35 bits per heavy atom. The van der Waals surface area contributed by atoms with Crippen molar-refractivity contribution >= 4 is 17.3 Å². The van der Waals surface area contributed by atoms with Crippen LogP contribution in [0.5, 0.6) is 0 Å². The third kappa shape index (κ3) is 4.74. The Kier molecular flexibility index (Phi) is 5.82. The lowest BCUT2D eigenvalue weighted by molar-refractivity contribution is 0.000709. The summed E-state index contributed by atoms with van der Waals surface area (Å²) in [5.41, 5.74) is 7.61. The number of nitrogens with two attached hydrogens (primary N) is 1. The number of carbonyl (C=O) groups excluding carboxylic acids is 1. The first kappa shape index (κ1) is 16.3. The molecular formula is C15H25N3O2. The van der Waals surface area contributed by atoms with E-state index in [0.717, 1.165) is 5.69 Å². The van der Waals surface area contributed by atoms with Crippen molar-refractivity contribution in [2.45, 2.75) is 33.3 Å². The van der Waals surface area contributed by atoms with E-state index in [2.05, 4.69) is 10.6 Å². The van der Waals surface area contributed by atoms with E-state index in [1.807, 2.05) is 27.7 Å². The SMILES string of the molecule is CCNC(=O)c1ccc(N)c(NCC(C)(C)OCC)c1. The van der Waals surface area contributed by atoms with Crippen LogP contribution in [0.1, 0.15) is 38.1 Å². The molecule has 0 saturated carbocycles. The number of hydrogen-bond donors (Lipinski definition) is 3. The predicted octanol–water partition coefficient (Wildman–Crippen LogP) is 2.25. The maximum absolute atomic E-state index is 11.8. The molecule has 0 unspecified atom stereocenters. The highest BCUT2D eigenvalue weighted by molar-refractivity contribution is 5.96. The van der Waals surface area contributed by atoms with Crippen molar-refractivity contribution in [3.05, 3.63) is 23.8 Å². The van der Waals surface area contributed by atoms with Crippen LogP contribution in [0, 0.1) is 0 Å². The number of carbonyl (C=O) groups is 1. The van der Waals surface area contributed by atoms with Crippen LogP contribution < -0.4 is 16.4 Å². The molecule has 1 aromatic rings. The highest BCUT2D eigenvalue weighted by Crippen LogP contribution is 2.21. The van der Waals surface area contributed by atoms with Gasteiger partial charge < -0.3 is 21.1 Å². The summed E-state index contributed by atoms with van der Waals surface area (Å²) < 4.78 is 5.62. The van der Waals surface area contributed by atoms with Gasteiger partial charge in [-0.2, -0.15) is 0 Å². The van der Waals surface area contributed by atoms with Gasteiger partial charge in [0.25, 0.3) is 5.91 Å². The lowest BCUT2D eigenvalue weighted by Crippen LogP contribution is -2.33. The Bertz CT molecular complexity index is 458. The summed E-state index contributed by atoms with van der Waals surface area (Å²) >= 11 is 0. The molecule has 5 heteroatoms. The van der Waals surface area contributed by atoms with Gasteiger partial charge in [0, 0.05) is 25.3 Å². The van der Waals surface area contributed by atoms with Crippen molar-refractivity contribution in [2.24, 2.45) is 0 Å². The summed E-state index contributed by atoms with van der Waals surface area (Å²) in [5.74, 6) is -0.0976. The predicted molar refractivity (Wildman–Crippen MR) is 83.1 cm³/mol. The second-order valence-corrected chi connectivity index (χ2v) is 5.21. The summed E-state index contributed by atoms with van der Waals surface area (Å²) in [7, 11) is 0. The summed E-state index contributed by atoms with van der Waals surface area (Å²) in [6, 6.07) is 5.22. The maximum atomic E-state index is 11.8. The van der Waals surface area contributed by atoms with Crippen LogP contribution in [0.2, 0.25) is 0 Å². The zero-order valence-electron chi connectivity index (χ0n) is 12.7. The van der Waals surface area contributed by atoms with Gasteiger partial charge in [-0.15, -0.1) is 0 Å². The van der Waals surface area contributed by atoms with Gasteiger partial charge in [-0.05, 0) is 45.9 Å². The first-order valence-corrected chi connectivity index (χ1v) is 6.95. The molecule has 1 aromatic carbocycles. The molecule has 0 aliphatic carbocycles. The van der Waals surface area contributed by atoms with E-state index in [9.17, 15) is 4.79 Å². The van der Waals surface area contributed by atoms with E-state index in [1.165, 1.54) is 0 Å². The quantitative estimate of drug-likeness (QED) is 0.669. The maximum Gasteiger partial charge on any atom is 0.251 e. The van der Waals surface area contributed by atoms with Gasteiger partial charge in [-0.3, -0.25) is 4.79 Å². The molecule has 0 atom stereocenters. The summed E-state index contributed by atoms with van der Waals surface area (Å²) in [5, 5.41) is 6.01. The van der Waals surface area contributed by atoms with Crippen molar-refractivity contribution in [1.82, 2.24) is 5.32 Å². The molecule has 0 fully saturated rings. The van der Waals surface area contributed by atoms with Crippen molar-refractivity contribution in [1.29, 1.82) is 0 Å². The van der Waals surface area contributed by atoms with E-state index >= 15 is 0 Å². The van der Waals surface area contributed by atoms with E-state index in [-0.39, 0.29) is 11.5 Å². The van der Waals surface area contributed by atoms with Gasteiger partial charge in [0.15, 0.2) is 0 Å². The first-order valence-electron chi connectivity index (χ1n) is 6.95. The fraction of sp³-hybridized carbons (Fsp3) is 0.533. The number of hydrogen-bond acceptors (Lipinski definition) is 4. The van der Waals surface area contributed by atoms with Crippen LogP contribution in [0.25, 0.3) is 0 Å². The third-order valence-corrected chi connectivity index (χ3v) is 2.89. The van der Waals surface area contributed by atoms with Gasteiger partial charge in [-0.25, -0.2) is 0 Å². The largest absolute Gasteiger partial charge is 0.397 e. The summed E-state index contributed by atoms with van der Waals surface area (Å²) in [4.78, 5) is 11.8. The zero-order chi connectivity index (χ0) is 15.2. The second-order valence-electron chi connectivity index (χ2n) is 5.21. The van der Waals surface area contributed by atoms with E-state index in [1.54, 1.807) is 18.2 Å². The first-order chi connectivity index (χ1) is 9.39. The van der Waals surface area contributed by atoms with Crippen molar-refractivity contribution in [3.8, 4) is 0 Å². The summed E-state index contributed by atoms with van der Waals surface area (Å²) in [6.07, 6.45) is 0. The third-order valence-electron chi connectivity index (χ3n) is 2.89. The molecule has 0 aromatic heterocycles. The van der Waals surface area contributed by atoms with Gasteiger partial charge in [0.05, 0.1) is 17.0 Å². The number of nitrogen functional groups attached to an aromatic ring is 1. The van der Waals surface area contributed by atoms with Crippen LogP contribution in [0.15, 0.2) is 18.2 Å². The number of ether oxygens (including phenoxy) is 1. The Morgan fingerprint density at radius 3 is 2.65 bits per heavy atom. The van der Waals surface area contributed by atoms with Gasteiger partial charge in [0.2, 0.25) is 0 Å². The zero-order valence-corrected chi connectivity index (χ0v) is 12.7. The highest BCUT2D eigenvalue weighted by atomic mass is 16.5.